The third-order valence-corrected chi connectivity index (χ3v) is 6.36. The quantitative estimate of drug-likeness (QED) is 0.725. The number of hydrogen-bond donors (Lipinski definition) is 1. The smallest absolute Gasteiger partial charge is 0.320 e. The summed E-state index contributed by atoms with van der Waals surface area (Å²) in [5, 5.41) is 2.85. The standard InChI is InChI=1S/C25H29FN4O3/c1-28(2)24(32)23(31)27-21-10-13-30(25(33)29-11-5-12-29)22(21)15-17-6-3-7-18(14-17)19-8-4-9-20(26)16-19/h3-4,6-9,14,16,21-22H,5,10-13,15H2,1-2H3,(H,27,31)/t21-,22-/m0/s1. The summed E-state index contributed by atoms with van der Waals surface area (Å²) in [7, 11) is 3.07. The van der Waals surface area contributed by atoms with E-state index in [2.05, 4.69) is 5.32 Å². The summed E-state index contributed by atoms with van der Waals surface area (Å²) in [6.07, 6.45) is 2.10. The molecule has 8 heteroatoms. The van der Waals surface area contributed by atoms with Gasteiger partial charge in [-0.15, -0.1) is 0 Å². The minimum Gasteiger partial charge on any atom is -0.343 e. The Morgan fingerprint density at radius 1 is 1.03 bits per heavy atom. The summed E-state index contributed by atoms with van der Waals surface area (Å²) in [5.41, 5.74) is 2.63. The van der Waals surface area contributed by atoms with Crippen LogP contribution in [0.3, 0.4) is 0 Å². The molecule has 0 radical (unpaired) electrons. The summed E-state index contributed by atoms with van der Waals surface area (Å²) >= 11 is 0. The average molecular weight is 453 g/mol. The number of carbonyl (C=O) groups is 3. The predicted molar refractivity (Wildman–Crippen MR) is 123 cm³/mol. The summed E-state index contributed by atoms with van der Waals surface area (Å²) in [5.74, 6) is -1.58. The lowest BCUT2D eigenvalue weighted by Crippen LogP contribution is -2.55. The SMILES string of the molecule is CN(C)C(=O)C(=O)N[C@H]1CCN(C(=O)N2CCC2)[C@H]1Cc1cccc(-c2cccc(F)c2)c1. The molecule has 2 aromatic carbocycles. The van der Waals surface area contributed by atoms with E-state index in [1.165, 1.54) is 31.1 Å². The zero-order chi connectivity index (χ0) is 23.5. The van der Waals surface area contributed by atoms with Crippen LogP contribution in [0.15, 0.2) is 48.5 Å². The number of amides is 4. The largest absolute Gasteiger partial charge is 0.343 e. The van der Waals surface area contributed by atoms with Crippen LogP contribution in [0.2, 0.25) is 0 Å². The topological polar surface area (TPSA) is 73.0 Å². The maximum atomic E-state index is 13.7. The Kier molecular flexibility index (Phi) is 6.62. The molecular formula is C25H29FN4O3. The maximum absolute atomic E-state index is 13.7. The molecule has 0 spiro atoms. The fourth-order valence-electron chi connectivity index (χ4n) is 4.42. The van der Waals surface area contributed by atoms with Crippen molar-refractivity contribution < 1.29 is 18.8 Å². The van der Waals surface area contributed by atoms with Gasteiger partial charge in [0.15, 0.2) is 0 Å². The fourth-order valence-corrected chi connectivity index (χ4v) is 4.42. The van der Waals surface area contributed by atoms with Gasteiger partial charge in [0.05, 0.1) is 12.1 Å². The van der Waals surface area contributed by atoms with Crippen LogP contribution in [-0.4, -0.2) is 78.4 Å². The van der Waals surface area contributed by atoms with Crippen molar-refractivity contribution in [1.82, 2.24) is 20.0 Å². The highest BCUT2D eigenvalue weighted by molar-refractivity contribution is 6.34. The van der Waals surface area contributed by atoms with Crippen molar-refractivity contribution in [1.29, 1.82) is 0 Å². The molecule has 0 bridgehead atoms. The van der Waals surface area contributed by atoms with Gasteiger partial charge in [-0.2, -0.15) is 0 Å². The van der Waals surface area contributed by atoms with Crippen molar-refractivity contribution in [2.24, 2.45) is 0 Å². The molecule has 2 fully saturated rings. The summed E-state index contributed by atoms with van der Waals surface area (Å²) in [6.45, 7) is 2.01. The second-order valence-electron chi connectivity index (χ2n) is 8.87. The minimum absolute atomic E-state index is 0.0248. The van der Waals surface area contributed by atoms with E-state index in [9.17, 15) is 18.8 Å². The minimum atomic E-state index is -0.665. The van der Waals surface area contributed by atoms with E-state index >= 15 is 0 Å². The van der Waals surface area contributed by atoms with Crippen molar-refractivity contribution >= 4 is 17.8 Å². The normalized spacial score (nSPS) is 19.7. The van der Waals surface area contributed by atoms with Crippen LogP contribution in [0, 0.1) is 5.82 Å². The number of likely N-dealkylation sites (tertiary alicyclic amines) is 2. The van der Waals surface area contributed by atoms with E-state index in [0.29, 0.717) is 19.4 Å². The lowest BCUT2D eigenvalue weighted by Gasteiger charge is -2.38. The molecule has 2 heterocycles. The van der Waals surface area contributed by atoms with Crippen LogP contribution in [-0.2, 0) is 16.0 Å². The third-order valence-electron chi connectivity index (χ3n) is 6.36. The number of carbonyl (C=O) groups excluding carboxylic acids is 3. The maximum Gasteiger partial charge on any atom is 0.320 e. The molecule has 2 aromatic rings. The molecular weight excluding hydrogens is 423 g/mol. The molecule has 4 amide bonds. The number of rotatable bonds is 4. The fraction of sp³-hybridized carbons (Fsp3) is 0.400. The predicted octanol–water partition coefficient (Wildman–Crippen LogP) is 2.51. The second-order valence-corrected chi connectivity index (χ2v) is 8.87. The van der Waals surface area contributed by atoms with Crippen LogP contribution in [0.4, 0.5) is 9.18 Å². The highest BCUT2D eigenvalue weighted by atomic mass is 19.1. The molecule has 2 aliphatic rings. The van der Waals surface area contributed by atoms with Crippen molar-refractivity contribution in [3.8, 4) is 11.1 Å². The van der Waals surface area contributed by atoms with E-state index in [1.54, 1.807) is 6.07 Å². The first kappa shape index (κ1) is 22.8. The Morgan fingerprint density at radius 3 is 2.36 bits per heavy atom. The molecule has 174 valence electrons. The molecule has 4 rings (SSSR count). The number of urea groups is 1. The Bertz CT molecular complexity index is 1050. The summed E-state index contributed by atoms with van der Waals surface area (Å²) in [6, 6.07) is 13.6. The van der Waals surface area contributed by atoms with Crippen LogP contribution >= 0.6 is 0 Å². The molecule has 0 aliphatic carbocycles. The van der Waals surface area contributed by atoms with Gasteiger partial charge in [-0.3, -0.25) is 9.59 Å². The Balaban J connectivity index is 1.57. The van der Waals surface area contributed by atoms with Crippen molar-refractivity contribution in [3.63, 3.8) is 0 Å². The van der Waals surface area contributed by atoms with Gasteiger partial charge in [0.1, 0.15) is 5.82 Å². The van der Waals surface area contributed by atoms with Gasteiger partial charge in [0.25, 0.3) is 0 Å². The van der Waals surface area contributed by atoms with Crippen molar-refractivity contribution in [2.75, 3.05) is 33.7 Å². The van der Waals surface area contributed by atoms with Crippen molar-refractivity contribution in [3.05, 3.63) is 59.9 Å². The van der Waals surface area contributed by atoms with Gasteiger partial charge in [-0.1, -0.05) is 36.4 Å². The number of nitrogens with zero attached hydrogens (tertiary/aromatic N) is 3. The monoisotopic (exact) mass is 452 g/mol. The van der Waals surface area contributed by atoms with Gasteiger partial charge < -0.3 is 20.0 Å². The second kappa shape index (κ2) is 9.60. The zero-order valence-corrected chi connectivity index (χ0v) is 19.0. The highest BCUT2D eigenvalue weighted by Crippen LogP contribution is 2.27. The highest BCUT2D eigenvalue weighted by Gasteiger charge is 2.41. The van der Waals surface area contributed by atoms with Gasteiger partial charge >= 0.3 is 17.8 Å². The molecule has 2 aliphatic heterocycles. The lowest BCUT2D eigenvalue weighted by atomic mass is 9.96. The first-order valence-electron chi connectivity index (χ1n) is 11.3. The van der Waals surface area contributed by atoms with E-state index in [0.717, 1.165) is 36.2 Å². The van der Waals surface area contributed by atoms with Gasteiger partial charge in [-0.25, -0.2) is 9.18 Å². The number of halogens is 1. The molecule has 0 aromatic heterocycles. The molecule has 33 heavy (non-hydrogen) atoms. The van der Waals surface area contributed by atoms with Crippen LogP contribution < -0.4 is 5.32 Å². The Morgan fingerprint density at radius 2 is 1.73 bits per heavy atom. The molecule has 7 nitrogen and oxygen atoms in total. The van der Waals surface area contributed by atoms with Gasteiger partial charge in [-0.05, 0) is 48.1 Å². The van der Waals surface area contributed by atoms with Crippen LogP contribution in [0.1, 0.15) is 18.4 Å². The van der Waals surface area contributed by atoms with Gasteiger partial charge in [0, 0.05) is 33.7 Å². The molecule has 2 atom stereocenters. The van der Waals surface area contributed by atoms with Crippen LogP contribution in [0.5, 0.6) is 0 Å². The van der Waals surface area contributed by atoms with Gasteiger partial charge in [0.2, 0.25) is 0 Å². The number of nitrogens with one attached hydrogen (secondary N) is 1. The van der Waals surface area contributed by atoms with E-state index in [1.807, 2.05) is 40.1 Å². The van der Waals surface area contributed by atoms with E-state index in [-0.39, 0.29) is 23.9 Å². The molecule has 1 N–H and O–H groups in total. The number of benzene rings is 2. The number of hydrogen-bond acceptors (Lipinski definition) is 3. The third kappa shape index (κ3) is 4.99. The van der Waals surface area contributed by atoms with Crippen LogP contribution in [0.25, 0.3) is 11.1 Å². The van der Waals surface area contributed by atoms with E-state index < -0.39 is 11.8 Å². The Hall–Kier alpha value is -3.42. The van der Waals surface area contributed by atoms with E-state index in [4.69, 9.17) is 0 Å². The first-order chi connectivity index (χ1) is 15.8. The average Bonchev–Trinajstić information content (AvgIpc) is 3.14. The first-order valence-corrected chi connectivity index (χ1v) is 11.3. The van der Waals surface area contributed by atoms with Crippen molar-refractivity contribution in [2.45, 2.75) is 31.3 Å². The molecule has 0 saturated carbocycles. The Labute approximate surface area is 193 Å². The molecule has 0 unspecified atom stereocenters. The number of likely N-dealkylation sites (N-methyl/N-ethyl adjacent to an activating group) is 1. The lowest BCUT2D eigenvalue weighted by molar-refractivity contribution is -0.144. The molecule has 2 saturated heterocycles. The zero-order valence-electron chi connectivity index (χ0n) is 19.0. The summed E-state index contributed by atoms with van der Waals surface area (Å²) < 4.78 is 13.7. The summed E-state index contributed by atoms with van der Waals surface area (Å²) in [4.78, 5) is 42.5.